The van der Waals surface area contributed by atoms with Gasteiger partial charge in [0.15, 0.2) is 0 Å². The van der Waals surface area contributed by atoms with E-state index in [1.54, 1.807) is 0 Å². The van der Waals surface area contributed by atoms with Gasteiger partial charge in [-0.1, -0.05) is 6.92 Å². The van der Waals surface area contributed by atoms with Crippen LogP contribution >= 0.6 is 0 Å². The molecule has 2 heteroatoms. The number of hydrogen-bond acceptors (Lipinski definition) is 1. The lowest BCUT2D eigenvalue weighted by Gasteiger charge is -2.12. The molecule has 1 heterocycles. The third-order valence-electron chi connectivity index (χ3n) is 2.12. The molecule has 0 saturated carbocycles. The first-order chi connectivity index (χ1) is 4.83. The Morgan fingerprint density at radius 3 is 2.90 bits per heavy atom. The molecule has 0 aliphatic carbocycles. The maximum absolute atomic E-state index is 11.7. The third kappa shape index (κ3) is 2.25. The van der Waals surface area contributed by atoms with Gasteiger partial charge in [-0.05, 0) is 25.3 Å². The zero-order valence-corrected chi connectivity index (χ0v) is 6.65. The molecule has 0 radical (unpaired) electrons. The second-order valence-electron chi connectivity index (χ2n) is 3.24. The Balaban J connectivity index is 2.06. The largest absolute Gasteiger partial charge is 0.303 e. The maximum Gasteiger partial charge on any atom is 0.0906 e. The zero-order chi connectivity index (χ0) is 7.40. The van der Waals surface area contributed by atoms with Crippen LogP contribution in [-0.4, -0.2) is 31.2 Å². The molecule has 1 rings (SSSR count). The molecule has 0 bridgehead atoms. The number of alkyl halides is 1. The minimum absolute atomic E-state index is 0.162. The molecule has 1 fully saturated rings. The minimum atomic E-state index is -0.162. The summed E-state index contributed by atoms with van der Waals surface area (Å²) in [6, 6.07) is 0. The van der Waals surface area contributed by atoms with Crippen LogP contribution in [0.1, 0.15) is 19.8 Å². The van der Waals surface area contributed by atoms with Crippen LogP contribution < -0.4 is 0 Å². The molecular formula is C8H16FN. The van der Waals surface area contributed by atoms with Crippen LogP contribution in [0, 0.1) is 5.92 Å². The van der Waals surface area contributed by atoms with Gasteiger partial charge in [-0.2, -0.15) is 0 Å². The summed E-state index contributed by atoms with van der Waals surface area (Å²) in [5.41, 5.74) is 0. The predicted octanol–water partition coefficient (Wildman–Crippen LogP) is 1.69. The minimum Gasteiger partial charge on any atom is -0.303 e. The van der Waals surface area contributed by atoms with Crippen molar-refractivity contribution in [2.45, 2.75) is 19.8 Å². The topological polar surface area (TPSA) is 3.24 Å². The molecular weight excluding hydrogens is 129 g/mol. The average Bonchev–Trinajstić information content (AvgIpc) is 2.31. The van der Waals surface area contributed by atoms with Crippen molar-refractivity contribution in [3.8, 4) is 0 Å². The van der Waals surface area contributed by atoms with Gasteiger partial charge in [0, 0.05) is 13.1 Å². The maximum atomic E-state index is 11.7. The fourth-order valence-electron chi connectivity index (χ4n) is 1.51. The number of rotatable bonds is 3. The van der Waals surface area contributed by atoms with Crippen LogP contribution in [0.4, 0.5) is 4.39 Å². The van der Waals surface area contributed by atoms with E-state index < -0.39 is 0 Å². The van der Waals surface area contributed by atoms with Crippen molar-refractivity contribution < 1.29 is 4.39 Å². The number of nitrogens with zero attached hydrogens (tertiary/aromatic N) is 1. The fourth-order valence-corrected chi connectivity index (χ4v) is 1.51. The van der Waals surface area contributed by atoms with Crippen molar-refractivity contribution >= 4 is 0 Å². The lowest BCUT2D eigenvalue weighted by atomic mass is 10.2. The first kappa shape index (κ1) is 7.99. The van der Waals surface area contributed by atoms with Crippen molar-refractivity contribution in [2.75, 3.05) is 26.3 Å². The molecule has 10 heavy (non-hydrogen) atoms. The molecule has 1 saturated heterocycles. The molecule has 60 valence electrons. The molecule has 0 N–H and O–H groups in total. The summed E-state index contributed by atoms with van der Waals surface area (Å²) in [7, 11) is 0. The first-order valence-corrected chi connectivity index (χ1v) is 4.11. The summed E-state index contributed by atoms with van der Waals surface area (Å²) in [6.45, 7) is 5.42. The third-order valence-corrected chi connectivity index (χ3v) is 2.12. The molecule has 0 aromatic rings. The van der Waals surface area contributed by atoms with Gasteiger partial charge in [-0.25, -0.2) is 0 Å². The van der Waals surface area contributed by atoms with Crippen molar-refractivity contribution in [1.82, 2.24) is 4.90 Å². The zero-order valence-electron chi connectivity index (χ0n) is 6.65. The van der Waals surface area contributed by atoms with E-state index in [2.05, 4.69) is 11.8 Å². The number of hydrogen-bond donors (Lipinski definition) is 0. The van der Waals surface area contributed by atoms with E-state index in [0.29, 0.717) is 6.42 Å². The van der Waals surface area contributed by atoms with Gasteiger partial charge >= 0.3 is 0 Å². The van der Waals surface area contributed by atoms with E-state index in [1.807, 2.05) is 0 Å². The van der Waals surface area contributed by atoms with Crippen LogP contribution in [0.15, 0.2) is 0 Å². The summed E-state index contributed by atoms with van der Waals surface area (Å²) < 4.78 is 11.7. The molecule has 0 aromatic heterocycles. The predicted molar refractivity (Wildman–Crippen MR) is 40.8 cm³/mol. The Bertz CT molecular complexity index is 95.3. The summed E-state index contributed by atoms with van der Waals surface area (Å²) in [4.78, 5) is 2.35. The molecule has 0 spiro atoms. The quantitative estimate of drug-likeness (QED) is 0.584. The SMILES string of the molecule is CC1CCN(CCCF)C1. The summed E-state index contributed by atoms with van der Waals surface area (Å²) in [6.07, 6.45) is 2.01. The Hall–Kier alpha value is -0.110. The van der Waals surface area contributed by atoms with E-state index in [9.17, 15) is 4.39 Å². The van der Waals surface area contributed by atoms with E-state index in [0.717, 1.165) is 12.5 Å². The smallest absolute Gasteiger partial charge is 0.0906 e. The van der Waals surface area contributed by atoms with Gasteiger partial charge in [-0.3, -0.25) is 4.39 Å². The molecule has 0 amide bonds. The molecule has 1 nitrogen and oxygen atoms in total. The highest BCUT2D eigenvalue weighted by Gasteiger charge is 2.17. The fraction of sp³-hybridized carbons (Fsp3) is 1.00. The van der Waals surface area contributed by atoms with E-state index in [-0.39, 0.29) is 6.67 Å². The van der Waals surface area contributed by atoms with Crippen molar-refractivity contribution in [3.63, 3.8) is 0 Å². The van der Waals surface area contributed by atoms with Crippen molar-refractivity contribution in [3.05, 3.63) is 0 Å². The van der Waals surface area contributed by atoms with Gasteiger partial charge in [0.2, 0.25) is 0 Å². The highest BCUT2D eigenvalue weighted by atomic mass is 19.1. The average molecular weight is 145 g/mol. The standard InChI is InChI=1S/C8H16FN/c1-8-3-6-10(7-8)5-2-4-9/h8H,2-7H2,1H3. The normalized spacial score (nSPS) is 27.6. The number of likely N-dealkylation sites (tertiary alicyclic amines) is 1. The molecule has 1 aliphatic rings. The van der Waals surface area contributed by atoms with E-state index in [1.165, 1.54) is 19.5 Å². The Morgan fingerprint density at radius 2 is 2.40 bits per heavy atom. The van der Waals surface area contributed by atoms with Gasteiger partial charge in [0.1, 0.15) is 0 Å². The molecule has 1 atom stereocenters. The second-order valence-corrected chi connectivity index (χ2v) is 3.24. The van der Waals surface area contributed by atoms with E-state index >= 15 is 0 Å². The second kappa shape index (κ2) is 3.91. The van der Waals surface area contributed by atoms with Crippen molar-refractivity contribution in [2.24, 2.45) is 5.92 Å². The molecule has 0 aromatic carbocycles. The van der Waals surface area contributed by atoms with Gasteiger partial charge in [0.05, 0.1) is 6.67 Å². The van der Waals surface area contributed by atoms with E-state index in [4.69, 9.17) is 0 Å². The Kier molecular flexibility index (Phi) is 3.13. The summed E-state index contributed by atoms with van der Waals surface area (Å²) in [5.74, 6) is 0.833. The van der Waals surface area contributed by atoms with Crippen molar-refractivity contribution in [1.29, 1.82) is 0 Å². The summed E-state index contributed by atoms with van der Waals surface area (Å²) >= 11 is 0. The highest BCUT2D eigenvalue weighted by Crippen LogP contribution is 2.14. The van der Waals surface area contributed by atoms with Crippen LogP contribution in [0.2, 0.25) is 0 Å². The number of halogens is 1. The van der Waals surface area contributed by atoms with Crippen LogP contribution in [0.25, 0.3) is 0 Å². The summed E-state index contributed by atoms with van der Waals surface area (Å²) in [5, 5.41) is 0. The highest BCUT2D eigenvalue weighted by molar-refractivity contribution is 4.71. The lowest BCUT2D eigenvalue weighted by Crippen LogP contribution is -2.21. The van der Waals surface area contributed by atoms with Crippen LogP contribution in [0.3, 0.4) is 0 Å². The van der Waals surface area contributed by atoms with Crippen LogP contribution in [-0.2, 0) is 0 Å². The van der Waals surface area contributed by atoms with Crippen LogP contribution in [0.5, 0.6) is 0 Å². The lowest BCUT2D eigenvalue weighted by molar-refractivity contribution is 0.304. The molecule has 1 unspecified atom stereocenters. The monoisotopic (exact) mass is 145 g/mol. The Labute approximate surface area is 62.2 Å². The Morgan fingerprint density at radius 1 is 1.60 bits per heavy atom. The first-order valence-electron chi connectivity index (χ1n) is 4.11. The molecule has 1 aliphatic heterocycles. The van der Waals surface area contributed by atoms with Gasteiger partial charge < -0.3 is 4.90 Å². The van der Waals surface area contributed by atoms with Gasteiger partial charge in [-0.15, -0.1) is 0 Å². The van der Waals surface area contributed by atoms with Gasteiger partial charge in [0.25, 0.3) is 0 Å².